The molecule has 1 aromatic carbocycles. The molecule has 128 valence electrons. The van der Waals surface area contributed by atoms with Gasteiger partial charge in [0.05, 0.1) is 6.04 Å². The topological polar surface area (TPSA) is 52.6 Å². The average molecular weight is 343 g/mol. The molecule has 2 amide bonds. The lowest BCUT2D eigenvalue weighted by atomic mass is 9.95. The molecule has 1 fully saturated rings. The summed E-state index contributed by atoms with van der Waals surface area (Å²) in [4.78, 5) is 14.2. The van der Waals surface area contributed by atoms with Crippen molar-refractivity contribution >= 4 is 17.6 Å². The van der Waals surface area contributed by atoms with E-state index in [1.165, 1.54) is 6.07 Å². The Bertz CT molecular complexity index is 545. The van der Waals surface area contributed by atoms with E-state index in [1.54, 1.807) is 17.0 Å². The normalized spacial score (nSPS) is 17.4. The minimum absolute atomic E-state index is 0.0459. The van der Waals surface area contributed by atoms with Crippen molar-refractivity contribution in [3.63, 3.8) is 0 Å². The Hall–Kier alpha value is -1.33. The summed E-state index contributed by atoms with van der Waals surface area (Å²) in [5, 5.41) is 12.4. The van der Waals surface area contributed by atoms with E-state index in [0.29, 0.717) is 23.7 Å². The Labute approximate surface area is 141 Å². The zero-order chi connectivity index (χ0) is 17.0. The number of urea groups is 1. The minimum Gasteiger partial charge on any atom is -0.396 e. The number of carbonyl (C=O) groups excluding carboxylic acids is 1. The van der Waals surface area contributed by atoms with Crippen molar-refractivity contribution in [2.45, 2.75) is 32.7 Å². The fraction of sp³-hybridized carbons (Fsp3) is 0.588. The molecule has 0 bridgehead atoms. The highest BCUT2D eigenvalue weighted by Crippen LogP contribution is 2.27. The molecule has 0 aromatic heterocycles. The van der Waals surface area contributed by atoms with Gasteiger partial charge in [-0.1, -0.05) is 31.5 Å². The van der Waals surface area contributed by atoms with Crippen LogP contribution < -0.4 is 5.32 Å². The molecule has 2 rings (SSSR count). The number of hydrogen-bond acceptors (Lipinski definition) is 2. The molecule has 6 heteroatoms. The number of nitrogens with one attached hydrogen (secondary N) is 1. The van der Waals surface area contributed by atoms with Crippen LogP contribution in [0.5, 0.6) is 0 Å². The summed E-state index contributed by atoms with van der Waals surface area (Å²) < 4.78 is 14.2. The molecule has 2 N–H and O–H groups in total. The first kappa shape index (κ1) is 18.0. The second kappa shape index (κ2) is 7.97. The number of hydrogen-bond donors (Lipinski definition) is 2. The number of rotatable bonds is 4. The molecular weight excluding hydrogens is 319 g/mol. The number of aliphatic hydroxyl groups is 1. The second-order valence-corrected chi connectivity index (χ2v) is 6.89. The Morgan fingerprint density at radius 3 is 2.61 bits per heavy atom. The second-order valence-electron chi connectivity index (χ2n) is 6.45. The molecule has 0 saturated carbocycles. The highest BCUT2D eigenvalue weighted by molar-refractivity contribution is 6.30. The zero-order valence-electron chi connectivity index (χ0n) is 13.6. The molecule has 1 atom stereocenters. The van der Waals surface area contributed by atoms with Crippen molar-refractivity contribution in [3.05, 3.63) is 34.6 Å². The predicted octanol–water partition coefficient (Wildman–Crippen LogP) is 3.59. The number of aliphatic hydroxyl groups excluding tert-OH is 1. The summed E-state index contributed by atoms with van der Waals surface area (Å²) in [6.07, 6.45) is 1.59. The first-order valence-electron chi connectivity index (χ1n) is 8.03. The number of carbonyl (C=O) groups is 1. The summed E-state index contributed by atoms with van der Waals surface area (Å²) in [6.45, 7) is 5.28. The van der Waals surface area contributed by atoms with Gasteiger partial charge in [0, 0.05) is 30.3 Å². The van der Waals surface area contributed by atoms with Crippen LogP contribution in [0.4, 0.5) is 9.18 Å². The van der Waals surface area contributed by atoms with Crippen LogP contribution in [0.25, 0.3) is 0 Å². The van der Waals surface area contributed by atoms with Gasteiger partial charge in [0.15, 0.2) is 0 Å². The van der Waals surface area contributed by atoms with Crippen molar-refractivity contribution in [1.29, 1.82) is 0 Å². The number of benzene rings is 1. The Balaban J connectivity index is 2.06. The van der Waals surface area contributed by atoms with Crippen LogP contribution in [0.15, 0.2) is 18.2 Å². The molecule has 1 saturated heterocycles. The zero-order valence-corrected chi connectivity index (χ0v) is 14.3. The molecule has 1 aliphatic rings. The number of piperidine rings is 1. The van der Waals surface area contributed by atoms with Gasteiger partial charge in [0.1, 0.15) is 5.82 Å². The minimum atomic E-state index is -0.407. The Kier molecular flexibility index (Phi) is 6.25. The van der Waals surface area contributed by atoms with E-state index >= 15 is 0 Å². The highest BCUT2D eigenvalue weighted by atomic mass is 35.5. The van der Waals surface area contributed by atoms with Gasteiger partial charge in [-0.25, -0.2) is 9.18 Å². The molecule has 23 heavy (non-hydrogen) atoms. The molecule has 1 heterocycles. The molecule has 0 radical (unpaired) electrons. The van der Waals surface area contributed by atoms with Crippen LogP contribution in [-0.4, -0.2) is 35.7 Å². The predicted molar refractivity (Wildman–Crippen MR) is 88.9 cm³/mol. The third-order valence-corrected chi connectivity index (χ3v) is 4.64. The lowest BCUT2D eigenvalue weighted by Crippen LogP contribution is -2.46. The quantitative estimate of drug-likeness (QED) is 0.878. The van der Waals surface area contributed by atoms with Gasteiger partial charge in [-0.15, -0.1) is 0 Å². The van der Waals surface area contributed by atoms with Crippen LogP contribution in [0.1, 0.15) is 38.3 Å². The number of nitrogens with zero attached hydrogens (tertiary/aromatic N) is 1. The van der Waals surface area contributed by atoms with Crippen LogP contribution in [0.2, 0.25) is 5.02 Å². The molecule has 4 nitrogen and oxygen atoms in total. The molecule has 0 aliphatic carbocycles. The van der Waals surface area contributed by atoms with E-state index in [0.717, 1.165) is 12.8 Å². The largest absolute Gasteiger partial charge is 0.396 e. The molecular formula is C17H24ClFN2O2. The third kappa shape index (κ3) is 4.58. The molecule has 0 spiro atoms. The van der Waals surface area contributed by atoms with Crippen molar-refractivity contribution < 1.29 is 14.3 Å². The van der Waals surface area contributed by atoms with E-state index in [1.807, 2.05) is 13.8 Å². The lowest BCUT2D eigenvalue weighted by Gasteiger charge is -2.33. The third-order valence-electron chi connectivity index (χ3n) is 4.40. The Morgan fingerprint density at radius 2 is 2.09 bits per heavy atom. The van der Waals surface area contributed by atoms with Crippen LogP contribution in [0, 0.1) is 17.7 Å². The van der Waals surface area contributed by atoms with Crippen LogP contribution in [-0.2, 0) is 0 Å². The fourth-order valence-electron chi connectivity index (χ4n) is 2.90. The van der Waals surface area contributed by atoms with E-state index in [9.17, 15) is 9.18 Å². The number of halogens is 2. The first-order chi connectivity index (χ1) is 10.9. The Morgan fingerprint density at radius 1 is 1.43 bits per heavy atom. The van der Waals surface area contributed by atoms with Gasteiger partial charge in [-0.2, -0.15) is 0 Å². The summed E-state index contributed by atoms with van der Waals surface area (Å²) in [6, 6.07) is 3.93. The highest BCUT2D eigenvalue weighted by Gasteiger charge is 2.27. The fourth-order valence-corrected chi connectivity index (χ4v) is 3.06. The standard InChI is InChI=1S/C17H24ClFN2O2/c1-11(2)16(14-4-3-13(18)9-15(14)19)20-17(23)21-7-5-12(10-22)6-8-21/h3-4,9,11-12,16,22H,5-8,10H2,1-2H3,(H,20,23)/t16-/m0/s1. The number of likely N-dealkylation sites (tertiary alicyclic amines) is 1. The van der Waals surface area contributed by atoms with Gasteiger partial charge in [-0.05, 0) is 36.8 Å². The van der Waals surface area contributed by atoms with Crippen molar-refractivity contribution in [2.75, 3.05) is 19.7 Å². The maximum atomic E-state index is 14.2. The summed E-state index contributed by atoms with van der Waals surface area (Å²) in [5.41, 5.74) is 0.447. The van der Waals surface area contributed by atoms with Crippen LogP contribution in [0.3, 0.4) is 0 Å². The first-order valence-corrected chi connectivity index (χ1v) is 8.41. The summed E-state index contributed by atoms with van der Waals surface area (Å²) in [5.74, 6) is -0.0891. The van der Waals surface area contributed by atoms with Gasteiger partial charge in [-0.3, -0.25) is 0 Å². The van der Waals surface area contributed by atoms with Gasteiger partial charge >= 0.3 is 6.03 Å². The van der Waals surface area contributed by atoms with Crippen LogP contribution >= 0.6 is 11.6 Å². The van der Waals surface area contributed by atoms with Crippen molar-refractivity contribution in [3.8, 4) is 0 Å². The summed E-state index contributed by atoms with van der Waals surface area (Å²) >= 11 is 5.80. The monoisotopic (exact) mass is 342 g/mol. The van der Waals surface area contributed by atoms with Crippen molar-refractivity contribution in [1.82, 2.24) is 10.2 Å². The average Bonchev–Trinajstić information content (AvgIpc) is 2.53. The smallest absolute Gasteiger partial charge is 0.317 e. The number of amides is 2. The summed E-state index contributed by atoms with van der Waals surface area (Å²) in [7, 11) is 0. The van der Waals surface area contributed by atoms with E-state index in [-0.39, 0.29) is 24.5 Å². The van der Waals surface area contributed by atoms with E-state index in [4.69, 9.17) is 16.7 Å². The molecule has 1 aliphatic heterocycles. The van der Waals surface area contributed by atoms with E-state index < -0.39 is 11.9 Å². The SMILES string of the molecule is CC(C)[C@H](NC(=O)N1CCC(CO)CC1)c1ccc(Cl)cc1F. The van der Waals surface area contributed by atoms with Crippen molar-refractivity contribution in [2.24, 2.45) is 11.8 Å². The van der Waals surface area contributed by atoms with Gasteiger partial charge in [0.2, 0.25) is 0 Å². The lowest BCUT2D eigenvalue weighted by molar-refractivity contribution is 0.134. The maximum absolute atomic E-state index is 14.2. The van der Waals surface area contributed by atoms with Gasteiger partial charge in [0.25, 0.3) is 0 Å². The maximum Gasteiger partial charge on any atom is 0.317 e. The van der Waals surface area contributed by atoms with Gasteiger partial charge < -0.3 is 15.3 Å². The molecule has 1 aromatic rings. The van der Waals surface area contributed by atoms with E-state index in [2.05, 4.69) is 5.32 Å². The molecule has 0 unspecified atom stereocenters.